The highest BCUT2D eigenvalue weighted by Crippen LogP contribution is 2.37. The molecule has 1 aromatic carbocycles. The second-order valence-electron chi connectivity index (χ2n) is 4.94. The van der Waals surface area contributed by atoms with Crippen molar-refractivity contribution >= 4 is 34.7 Å². The van der Waals surface area contributed by atoms with Crippen LogP contribution in [0, 0.1) is 17.0 Å². The highest BCUT2D eigenvalue weighted by molar-refractivity contribution is 8.01. The van der Waals surface area contributed by atoms with Gasteiger partial charge in [0.05, 0.1) is 9.82 Å². The molecule has 22 heavy (non-hydrogen) atoms. The molecular weight excluding hydrogens is 322 g/mol. The Morgan fingerprint density at radius 1 is 1.45 bits per heavy atom. The van der Waals surface area contributed by atoms with E-state index < -0.39 is 4.92 Å². The van der Waals surface area contributed by atoms with E-state index in [0.29, 0.717) is 10.5 Å². The average Bonchev–Trinajstić information content (AvgIpc) is 2.82. The Morgan fingerprint density at radius 3 is 2.77 bits per heavy atom. The van der Waals surface area contributed by atoms with Crippen LogP contribution >= 0.6 is 23.1 Å². The molecule has 1 aliphatic heterocycles. The summed E-state index contributed by atoms with van der Waals surface area (Å²) in [5, 5.41) is 13.2. The van der Waals surface area contributed by atoms with Crippen molar-refractivity contribution in [2.75, 3.05) is 13.1 Å². The fraction of sp³-hybridized carbons (Fsp3) is 0.286. The predicted octanol–water partition coefficient (Wildman–Crippen LogP) is 3.36. The van der Waals surface area contributed by atoms with Gasteiger partial charge in [0.15, 0.2) is 4.34 Å². The van der Waals surface area contributed by atoms with Crippen LogP contribution in [0.15, 0.2) is 32.8 Å². The van der Waals surface area contributed by atoms with Gasteiger partial charge in [-0.3, -0.25) is 14.9 Å². The SMILES string of the molecule is Cc1csc(Sc2ccc(C(=O)N3CCC3)cc2[N+](=O)[O-])n1. The van der Waals surface area contributed by atoms with Crippen molar-refractivity contribution in [1.82, 2.24) is 9.88 Å². The molecule has 0 bridgehead atoms. The third-order valence-electron chi connectivity index (χ3n) is 3.34. The summed E-state index contributed by atoms with van der Waals surface area (Å²) in [4.78, 5) is 29.5. The number of carbonyl (C=O) groups is 1. The van der Waals surface area contributed by atoms with Gasteiger partial charge in [0.25, 0.3) is 11.6 Å². The topological polar surface area (TPSA) is 76.3 Å². The molecule has 1 aromatic heterocycles. The number of aromatic nitrogens is 1. The summed E-state index contributed by atoms with van der Waals surface area (Å²) in [5.74, 6) is -0.143. The number of amides is 1. The first kappa shape index (κ1) is 15.0. The molecule has 0 N–H and O–H groups in total. The number of thiazole rings is 1. The van der Waals surface area contributed by atoms with E-state index in [0.717, 1.165) is 29.5 Å². The standard InChI is InChI=1S/C14H13N3O3S2/c1-9-8-21-14(15-9)22-12-4-3-10(7-11(12)17(19)20)13(18)16-5-2-6-16/h3-4,7-8H,2,5-6H2,1H3. The van der Waals surface area contributed by atoms with Crippen molar-refractivity contribution in [2.45, 2.75) is 22.6 Å². The quantitative estimate of drug-likeness (QED) is 0.632. The summed E-state index contributed by atoms with van der Waals surface area (Å²) < 4.78 is 0.752. The number of hydrogen-bond donors (Lipinski definition) is 0. The van der Waals surface area contributed by atoms with E-state index in [4.69, 9.17) is 0 Å². The van der Waals surface area contributed by atoms with Crippen LogP contribution in [0.1, 0.15) is 22.5 Å². The largest absolute Gasteiger partial charge is 0.339 e. The van der Waals surface area contributed by atoms with Crippen LogP contribution < -0.4 is 0 Å². The minimum atomic E-state index is -0.449. The first-order valence-corrected chi connectivity index (χ1v) is 8.42. The van der Waals surface area contributed by atoms with Gasteiger partial charge in [-0.15, -0.1) is 11.3 Å². The molecule has 2 heterocycles. The highest BCUT2D eigenvalue weighted by atomic mass is 32.2. The summed E-state index contributed by atoms with van der Waals surface area (Å²) in [5.41, 5.74) is 1.20. The number of carbonyl (C=O) groups excluding carboxylic acids is 1. The van der Waals surface area contributed by atoms with E-state index in [9.17, 15) is 14.9 Å². The minimum Gasteiger partial charge on any atom is -0.339 e. The molecule has 1 saturated heterocycles. The molecule has 8 heteroatoms. The summed E-state index contributed by atoms with van der Waals surface area (Å²) in [7, 11) is 0. The summed E-state index contributed by atoms with van der Waals surface area (Å²) in [6.45, 7) is 3.33. The van der Waals surface area contributed by atoms with E-state index in [1.54, 1.807) is 17.0 Å². The number of likely N-dealkylation sites (tertiary alicyclic amines) is 1. The van der Waals surface area contributed by atoms with Crippen molar-refractivity contribution in [3.8, 4) is 0 Å². The molecule has 1 aliphatic rings. The third-order valence-corrected chi connectivity index (χ3v) is 5.46. The lowest BCUT2D eigenvalue weighted by atomic mass is 10.1. The molecule has 6 nitrogen and oxygen atoms in total. The van der Waals surface area contributed by atoms with E-state index in [1.807, 2.05) is 12.3 Å². The Bertz CT molecular complexity index is 741. The van der Waals surface area contributed by atoms with Crippen LogP contribution in [0.4, 0.5) is 5.69 Å². The maximum atomic E-state index is 12.2. The molecule has 1 fully saturated rings. The number of benzene rings is 1. The lowest BCUT2D eigenvalue weighted by Crippen LogP contribution is -2.42. The smallest absolute Gasteiger partial charge is 0.284 e. The monoisotopic (exact) mass is 335 g/mol. The molecule has 3 rings (SSSR count). The first-order chi connectivity index (χ1) is 10.5. The molecule has 1 amide bonds. The number of aryl methyl sites for hydroxylation is 1. The molecule has 2 aromatic rings. The average molecular weight is 335 g/mol. The number of nitrogens with zero attached hydrogens (tertiary/aromatic N) is 3. The van der Waals surface area contributed by atoms with Gasteiger partial charge in [0, 0.05) is 35.8 Å². The Balaban J connectivity index is 1.89. The number of hydrogen-bond acceptors (Lipinski definition) is 6. The number of rotatable bonds is 4. The van der Waals surface area contributed by atoms with Gasteiger partial charge in [0.2, 0.25) is 0 Å². The molecule has 0 atom stereocenters. The van der Waals surface area contributed by atoms with Crippen LogP contribution in [0.25, 0.3) is 0 Å². The van der Waals surface area contributed by atoms with Crippen molar-refractivity contribution < 1.29 is 9.72 Å². The summed E-state index contributed by atoms with van der Waals surface area (Å²) in [6.07, 6.45) is 0.991. The van der Waals surface area contributed by atoms with Crippen LogP contribution in [0.2, 0.25) is 0 Å². The Morgan fingerprint density at radius 2 is 2.23 bits per heavy atom. The molecule has 0 radical (unpaired) electrons. The summed E-state index contributed by atoms with van der Waals surface area (Å²) in [6, 6.07) is 4.65. The molecule has 0 aliphatic carbocycles. The van der Waals surface area contributed by atoms with Gasteiger partial charge in [-0.1, -0.05) is 11.8 Å². The zero-order valence-electron chi connectivity index (χ0n) is 11.8. The van der Waals surface area contributed by atoms with E-state index in [1.165, 1.54) is 29.2 Å². The second kappa shape index (κ2) is 6.05. The van der Waals surface area contributed by atoms with Crippen LogP contribution in [0.5, 0.6) is 0 Å². The molecule has 114 valence electrons. The van der Waals surface area contributed by atoms with Crippen LogP contribution in [0.3, 0.4) is 0 Å². The van der Waals surface area contributed by atoms with Gasteiger partial charge in [-0.25, -0.2) is 4.98 Å². The zero-order valence-corrected chi connectivity index (χ0v) is 13.4. The second-order valence-corrected chi connectivity index (χ2v) is 7.09. The van der Waals surface area contributed by atoms with E-state index in [-0.39, 0.29) is 11.6 Å². The molecule has 0 saturated carbocycles. The van der Waals surface area contributed by atoms with Crippen molar-refractivity contribution in [2.24, 2.45) is 0 Å². The van der Waals surface area contributed by atoms with Gasteiger partial charge in [-0.2, -0.15) is 0 Å². The van der Waals surface area contributed by atoms with Crippen molar-refractivity contribution in [3.05, 3.63) is 45.0 Å². The molecular formula is C14H13N3O3S2. The highest BCUT2D eigenvalue weighted by Gasteiger charge is 2.25. The number of nitro groups is 1. The van der Waals surface area contributed by atoms with Gasteiger partial charge in [0.1, 0.15) is 0 Å². The third kappa shape index (κ3) is 2.97. The van der Waals surface area contributed by atoms with E-state index >= 15 is 0 Å². The maximum Gasteiger partial charge on any atom is 0.284 e. The fourth-order valence-corrected chi connectivity index (χ4v) is 3.93. The molecule has 0 spiro atoms. The first-order valence-electron chi connectivity index (χ1n) is 6.72. The van der Waals surface area contributed by atoms with Crippen LogP contribution in [-0.4, -0.2) is 33.8 Å². The maximum absolute atomic E-state index is 12.2. The van der Waals surface area contributed by atoms with Gasteiger partial charge < -0.3 is 4.90 Å². The minimum absolute atomic E-state index is 0.0516. The Hall–Kier alpha value is -1.93. The fourth-order valence-electron chi connectivity index (χ4n) is 2.05. The lowest BCUT2D eigenvalue weighted by Gasteiger charge is -2.30. The van der Waals surface area contributed by atoms with E-state index in [2.05, 4.69) is 4.98 Å². The summed E-state index contributed by atoms with van der Waals surface area (Å²) >= 11 is 2.70. The normalized spacial score (nSPS) is 13.8. The lowest BCUT2D eigenvalue weighted by molar-refractivity contribution is -0.387. The predicted molar refractivity (Wildman–Crippen MR) is 84.6 cm³/mol. The van der Waals surface area contributed by atoms with Gasteiger partial charge in [-0.05, 0) is 25.5 Å². The van der Waals surface area contributed by atoms with Crippen molar-refractivity contribution in [1.29, 1.82) is 0 Å². The number of nitro benzene ring substituents is 1. The zero-order chi connectivity index (χ0) is 15.7. The van der Waals surface area contributed by atoms with Crippen molar-refractivity contribution in [3.63, 3.8) is 0 Å². The Labute approximate surface area is 135 Å². The van der Waals surface area contributed by atoms with Gasteiger partial charge >= 0.3 is 0 Å². The molecule has 0 unspecified atom stereocenters. The Kier molecular flexibility index (Phi) is 4.12. The van der Waals surface area contributed by atoms with Crippen LogP contribution in [-0.2, 0) is 0 Å².